The van der Waals surface area contributed by atoms with Crippen LogP contribution >= 0.6 is 0 Å². The van der Waals surface area contributed by atoms with E-state index >= 15 is 0 Å². The number of nitrogens with two attached hydrogens (primary N) is 1. The van der Waals surface area contributed by atoms with Gasteiger partial charge in [0, 0.05) is 12.2 Å². The lowest BCUT2D eigenvalue weighted by Crippen LogP contribution is -2.30. The monoisotopic (exact) mass is 194 g/mol. The van der Waals surface area contributed by atoms with Gasteiger partial charge in [0.05, 0.1) is 5.69 Å². The molecule has 0 aliphatic rings. The Balaban J connectivity index is 2.79. The fraction of sp³-hybridized carbons (Fsp3) is 0.333. The molecular weight excluding hydrogens is 180 g/mol. The number of rotatable bonds is 3. The lowest BCUT2D eigenvalue weighted by atomic mass is 10.3. The summed E-state index contributed by atoms with van der Waals surface area (Å²) in [5, 5.41) is 2.74. The number of hydrazine groups is 1. The lowest BCUT2D eigenvalue weighted by Gasteiger charge is -2.08. The van der Waals surface area contributed by atoms with E-state index < -0.39 is 0 Å². The molecule has 1 rings (SSSR count). The van der Waals surface area contributed by atoms with Gasteiger partial charge in [-0.3, -0.25) is 15.6 Å². The van der Waals surface area contributed by atoms with Crippen molar-refractivity contribution >= 4 is 11.6 Å². The smallest absolute Gasteiger partial charge is 0.270 e. The van der Waals surface area contributed by atoms with Crippen LogP contribution in [0.25, 0.3) is 0 Å². The maximum atomic E-state index is 11.5. The number of amides is 1. The van der Waals surface area contributed by atoms with E-state index in [0.717, 1.165) is 0 Å². The Morgan fingerprint density at radius 1 is 1.57 bits per heavy atom. The third kappa shape index (κ3) is 2.70. The van der Waals surface area contributed by atoms with Crippen LogP contribution in [0.4, 0.5) is 5.69 Å². The number of pyridine rings is 1. The topological polar surface area (TPSA) is 80.0 Å². The molecule has 5 heteroatoms. The van der Waals surface area contributed by atoms with Gasteiger partial charge in [-0.05, 0) is 26.0 Å². The highest BCUT2D eigenvalue weighted by molar-refractivity contribution is 5.93. The minimum atomic E-state index is -0.197. The highest BCUT2D eigenvalue weighted by atomic mass is 16.1. The predicted octanol–water partition coefficient (Wildman–Crippen LogP) is 0.505. The normalized spacial score (nSPS) is 10.0. The Bertz CT molecular complexity index is 324. The summed E-state index contributed by atoms with van der Waals surface area (Å²) < 4.78 is 0. The summed E-state index contributed by atoms with van der Waals surface area (Å²) in [4.78, 5) is 15.4. The highest BCUT2D eigenvalue weighted by Gasteiger charge is 2.08. The van der Waals surface area contributed by atoms with Gasteiger partial charge < -0.3 is 10.7 Å². The fourth-order valence-corrected chi connectivity index (χ4v) is 0.981. The molecule has 4 N–H and O–H groups in total. The van der Waals surface area contributed by atoms with Crippen LogP contribution < -0.4 is 16.6 Å². The summed E-state index contributed by atoms with van der Waals surface area (Å²) in [6.07, 6.45) is 1.53. The molecule has 0 unspecified atom stereocenters. The van der Waals surface area contributed by atoms with E-state index in [4.69, 9.17) is 5.84 Å². The summed E-state index contributed by atoms with van der Waals surface area (Å²) in [7, 11) is 0. The zero-order valence-electron chi connectivity index (χ0n) is 8.24. The Labute approximate surface area is 82.7 Å². The number of carbonyl (C=O) groups excluding carboxylic acids is 1. The molecule has 5 nitrogen and oxygen atoms in total. The quantitative estimate of drug-likeness (QED) is 0.483. The van der Waals surface area contributed by atoms with Gasteiger partial charge in [-0.15, -0.1) is 0 Å². The van der Waals surface area contributed by atoms with E-state index in [1.807, 2.05) is 13.8 Å². The first-order valence-corrected chi connectivity index (χ1v) is 4.37. The Hall–Kier alpha value is -1.62. The first-order valence-electron chi connectivity index (χ1n) is 4.37. The van der Waals surface area contributed by atoms with Crippen LogP contribution in [0, 0.1) is 0 Å². The fourth-order valence-electron chi connectivity index (χ4n) is 0.981. The van der Waals surface area contributed by atoms with Crippen LogP contribution in [-0.4, -0.2) is 16.9 Å². The Morgan fingerprint density at radius 2 is 2.29 bits per heavy atom. The second-order valence-corrected chi connectivity index (χ2v) is 3.20. The maximum Gasteiger partial charge on any atom is 0.270 e. The summed E-state index contributed by atoms with van der Waals surface area (Å²) in [6.45, 7) is 3.78. The number of aromatic nitrogens is 1. The molecule has 0 atom stereocenters. The molecule has 0 fully saturated rings. The van der Waals surface area contributed by atoms with E-state index in [1.54, 1.807) is 12.1 Å². The number of nitrogen functional groups attached to an aromatic ring is 1. The molecule has 76 valence electrons. The van der Waals surface area contributed by atoms with Crippen molar-refractivity contribution < 1.29 is 4.79 Å². The molecular formula is C9H14N4O. The highest BCUT2D eigenvalue weighted by Crippen LogP contribution is 2.05. The van der Waals surface area contributed by atoms with Gasteiger partial charge >= 0.3 is 0 Å². The zero-order chi connectivity index (χ0) is 10.6. The van der Waals surface area contributed by atoms with Gasteiger partial charge in [0.2, 0.25) is 0 Å². The van der Waals surface area contributed by atoms with Gasteiger partial charge in [-0.2, -0.15) is 0 Å². The average Bonchev–Trinajstić information content (AvgIpc) is 2.17. The largest absolute Gasteiger partial charge is 0.349 e. The molecule has 0 aliphatic carbocycles. The van der Waals surface area contributed by atoms with Crippen molar-refractivity contribution in [1.82, 2.24) is 10.3 Å². The second-order valence-electron chi connectivity index (χ2n) is 3.20. The van der Waals surface area contributed by atoms with E-state index in [9.17, 15) is 4.79 Å². The number of hydrogen-bond acceptors (Lipinski definition) is 4. The van der Waals surface area contributed by atoms with Gasteiger partial charge in [0.15, 0.2) is 0 Å². The number of carbonyl (C=O) groups is 1. The standard InChI is InChI=1S/C9H14N4O/c1-6(2)12-9(14)8-5-7(13-10)3-4-11-8/h3-6H,10H2,1-2H3,(H,11,13)(H,12,14). The van der Waals surface area contributed by atoms with Gasteiger partial charge in [0.1, 0.15) is 5.69 Å². The first-order chi connectivity index (χ1) is 6.63. The number of hydrogen-bond donors (Lipinski definition) is 3. The summed E-state index contributed by atoms with van der Waals surface area (Å²) in [5.41, 5.74) is 3.47. The van der Waals surface area contributed by atoms with Crippen LogP contribution in [0.1, 0.15) is 24.3 Å². The van der Waals surface area contributed by atoms with E-state index in [0.29, 0.717) is 11.4 Å². The van der Waals surface area contributed by atoms with Gasteiger partial charge in [0.25, 0.3) is 5.91 Å². The van der Waals surface area contributed by atoms with Crippen LogP contribution in [-0.2, 0) is 0 Å². The van der Waals surface area contributed by atoms with Crippen molar-refractivity contribution in [2.24, 2.45) is 5.84 Å². The minimum absolute atomic E-state index is 0.0961. The molecule has 0 aromatic carbocycles. The minimum Gasteiger partial charge on any atom is -0.349 e. The molecule has 1 aromatic rings. The Kier molecular flexibility index (Phi) is 3.41. The molecule has 0 aliphatic heterocycles. The van der Waals surface area contributed by atoms with Gasteiger partial charge in [-0.25, -0.2) is 0 Å². The number of nitrogens with zero attached hydrogens (tertiary/aromatic N) is 1. The van der Waals surface area contributed by atoms with E-state index in [-0.39, 0.29) is 11.9 Å². The molecule has 14 heavy (non-hydrogen) atoms. The second kappa shape index (κ2) is 4.57. The predicted molar refractivity (Wildman–Crippen MR) is 54.6 cm³/mol. The van der Waals surface area contributed by atoms with Crippen molar-refractivity contribution in [3.63, 3.8) is 0 Å². The Morgan fingerprint density at radius 3 is 2.86 bits per heavy atom. The van der Waals surface area contributed by atoms with E-state index in [2.05, 4.69) is 15.7 Å². The third-order valence-electron chi connectivity index (χ3n) is 1.58. The van der Waals surface area contributed by atoms with Crippen molar-refractivity contribution in [2.75, 3.05) is 5.43 Å². The first kappa shape index (κ1) is 10.5. The van der Waals surface area contributed by atoms with Crippen molar-refractivity contribution in [3.05, 3.63) is 24.0 Å². The third-order valence-corrected chi connectivity index (χ3v) is 1.58. The molecule has 0 saturated carbocycles. The molecule has 1 amide bonds. The number of anilines is 1. The summed E-state index contributed by atoms with van der Waals surface area (Å²) >= 11 is 0. The van der Waals surface area contributed by atoms with Crippen molar-refractivity contribution in [3.8, 4) is 0 Å². The maximum absolute atomic E-state index is 11.5. The van der Waals surface area contributed by atoms with Crippen LogP contribution in [0.2, 0.25) is 0 Å². The van der Waals surface area contributed by atoms with E-state index in [1.165, 1.54) is 6.20 Å². The van der Waals surface area contributed by atoms with Gasteiger partial charge in [-0.1, -0.05) is 0 Å². The van der Waals surface area contributed by atoms with Crippen molar-refractivity contribution in [1.29, 1.82) is 0 Å². The molecule has 0 saturated heterocycles. The zero-order valence-corrected chi connectivity index (χ0v) is 8.24. The molecule has 0 bridgehead atoms. The average molecular weight is 194 g/mol. The molecule has 0 spiro atoms. The van der Waals surface area contributed by atoms with Crippen LogP contribution in [0.15, 0.2) is 18.3 Å². The SMILES string of the molecule is CC(C)NC(=O)c1cc(NN)ccn1. The lowest BCUT2D eigenvalue weighted by molar-refractivity contribution is 0.0938. The molecule has 1 aromatic heterocycles. The van der Waals surface area contributed by atoms with Crippen molar-refractivity contribution in [2.45, 2.75) is 19.9 Å². The number of nitrogens with one attached hydrogen (secondary N) is 2. The van der Waals surface area contributed by atoms with Crippen LogP contribution in [0.5, 0.6) is 0 Å². The summed E-state index contributed by atoms with van der Waals surface area (Å²) in [6, 6.07) is 3.38. The summed E-state index contributed by atoms with van der Waals surface area (Å²) in [5.74, 6) is 5.01. The molecule has 1 heterocycles. The van der Waals surface area contributed by atoms with Crippen LogP contribution in [0.3, 0.4) is 0 Å². The molecule has 0 radical (unpaired) electrons.